The van der Waals surface area contributed by atoms with Crippen LogP contribution in [0.1, 0.15) is 47.3 Å². The maximum Gasteiger partial charge on any atom is 0.266 e. The minimum Gasteiger partial charge on any atom is -0.390 e. The van der Waals surface area contributed by atoms with E-state index in [9.17, 15) is 27.5 Å². The van der Waals surface area contributed by atoms with Crippen molar-refractivity contribution in [3.63, 3.8) is 0 Å². The number of amides is 1. The molecule has 1 saturated heterocycles. The van der Waals surface area contributed by atoms with Crippen LogP contribution in [0.3, 0.4) is 0 Å². The van der Waals surface area contributed by atoms with Crippen LogP contribution >= 0.6 is 0 Å². The normalized spacial score (nSPS) is 17.4. The number of nitrogens with zero attached hydrogens (tertiary/aromatic N) is 6. The first kappa shape index (κ1) is 26.1. The first-order valence-electron chi connectivity index (χ1n) is 12.6. The quantitative estimate of drug-likeness (QED) is 0.319. The summed E-state index contributed by atoms with van der Waals surface area (Å²) in [6.45, 7) is 3.00. The van der Waals surface area contributed by atoms with Gasteiger partial charge in [0.2, 0.25) is 6.43 Å². The molecule has 13 heteroatoms. The Balaban J connectivity index is 1.17. The van der Waals surface area contributed by atoms with E-state index < -0.39 is 30.8 Å². The highest BCUT2D eigenvalue weighted by Crippen LogP contribution is 2.56. The molecule has 4 aromatic rings. The number of pyridine rings is 2. The van der Waals surface area contributed by atoms with Gasteiger partial charge in [-0.15, -0.1) is 0 Å². The van der Waals surface area contributed by atoms with Crippen LogP contribution in [0.15, 0.2) is 49.2 Å². The monoisotopic (exact) mass is 555 g/mol. The van der Waals surface area contributed by atoms with Gasteiger partial charge in [-0.3, -0.25) is 9.78 Å². The van der Waals surface area contributed by atoms with Crippen LogP contribution in [0.2, 0.25) is 0 Å². The van der Waals surface area contributed by atoms with Gasteiger partial charge in [-0.25, -0.2) is 32.0 Å². The Morgan fingerprint density at radius 3 is 2.48 bits per heavy atom. The second-order valence-electron chi connectivity index (χ2n) is 10.8. The molecule has 1 amide bonds. The molecule has 6 rings (SSSR count). The van der Waals surface area contributed by atoms with Gasteiger partial charge in [0.15, 0.2) is 5.82 Å². The average Bonchev–Trinajstić information content (AvgIpc) is 3.30. The minimum absolute atomic E-state index is 0.157. The molecule has 2 fully saturated rings. The molecule has 4 aromatic heterocycles. The van der Waals surface area contributed by atoms with Crippen molar-refractivity contribution < 1.29 is 27.5 Å². The predicted octanol–water partition coefficient (Wildman–Crippen LogP) is 4.67. The molecule has 9 nitrogen and oxygen atoms in total. The molecule has 5 heterocycles. The third-order valence-corrected chi connectivity index (χ3v) is 7.63. The number of alkyl halides is 4. The molecule has 0 unspecified atom stereocenters. The Bertz CT molecular complexity index is 1580. The molecule has 0 bridgehead atoms. The number of rotatable bonds is 7. The van der Waals surface area contributed by atoms with E-state index in [-0.39, 0.29) is 16.8 Å². The summed E-state index contributed by atoms with van der Waals surface area (Å²) in [7, 11) is 0. The summed E-state index contributed by atoms with van der Waals surface area (Å²) in [5, 5.41) is 17.4. The zero-order valence-corrected chi connectivity index (χ0v) is 21.4. The van der Waals surface area contributed by atoms with Crippen LogP contribution in [0.5, 0.6) is 0 Å². The molecule has 40 heavy (non-hydrogen) atoms. The van der Waals surface area contributed by atoms with Crippen molar-refractivity contribution in [2.24, 2.45) is 5.41 Å². The Labute approximate surface area is 225 Å². The molecule has 0 aromatic carbocycles. The maximum atomic E-state index is 13.3. The fraction of sp³-hybridized carbons (Fsp3) is 0.370. The SMILES string of the molecule is Cc1ncc(-c2ncc(C(F)F)cn2)cc1NC(=O)c1cnn2ccc(N3CC4(C3)CC(O)(CC(F)F)C4)cc12. The fourth-order valence-corrected chi connectivity index (χ4v) is 5.86. The van der Waals surface area contributed by atoms with E-state index in [0.717, 1.165) is 18.1 Å². The predicted molar refractivity (Wildman–Crippen MR) is 138 cm³/mol. The lowest BCUT2D eigenvalue weighted by Gasteiger charge is -2.63. The number of carbonyl (C=O) groups is 1. The topological polar surface area (TPSA) is 109 Å². The Kier molecular flexibility index (Phi) is 6.21. The standard InChI is InChI=1S/C27H25F4N7O2/c1-15-20(4-16(7-32-15)24-33-8-17(9-34-24)23(30)31)36-25(39)19-10-35-38-3-2-18(5-21(19)38)37-13-26(14-37)11-27(40,12-26)6-22(28)29/h2-5,7-10,22-23,40H,6,11-14H2,1H3,(H,36,39). The summed E-state index contributed by atoms with van der Waals surface area (Å²) in [5.41, 5.74) is 1.43. The molecule has 0 atom stereocenters. The molecule has 2 aliphatic rings. The summed E-state index contributed by atoms with van der Waals surface area (Å²) in [5.74, 6) is -0.223. The number of hydrogen-bond acceptors (Lipinski definition) is 7. The van der Waals surface area contributed by atoms with Gasteiger partial charge in [0.1, 0.15) is 0 Å². The number of aliphatic hydroxyl groups is 1. The molecule has 1 aliphatic carbocycles. The van der Waals surface area contributed by atoms with Gasteiger partial charge in [-0.2, -0.15) is 5.10 Å². The summed E-state index contributed by atoms with van der Waals surface area (Å²) in [6.07, 6.45) is 1.83. The van der Waals surface area contributed by atoms with Crippen molar-refractivity contribution in [2.45, 2.75) is 44.6 Å². The van der Waals surface area contributed by atoms with Gasteiger partial charge >= 0.3 is 0 Å². The van der Waals surface area contributed by atoms with Crippen LogP contribution in [0.4, 0.5) is 28.9 Å². The van der Waals surface area contributed by atoms with E-state index in [2.05, 4.69) is 30.3 Å². The number of halogens is 4. The third-order valence-electron chi connectivity index (χ3n) is 7.63. The first-order valence-corrected chi connectivity index (χ1v) is 12.6. The van der Waals surface area contributed by atoms with Crippen LogP contribution < -0.4 is 10.2 Å². The van der Waals surface area contributed by atoms with Crippen molar-refractivity contribution in [2.75, 3.05) is 23.3 Å². The zero-order chi connectivity index (χ0) is 28.2. The van der Waals surface area contributed by atoms with E-state index in [1.807, 2.05) is 12.1 Å². The van der Waals surface area contributed by atoms with Crippen molar-refractivity contribution in [1.82, 2.24) is 24.6 Å². The van der Waals surface area contributed by atoms with Crippen LogP contribution in [0.25, 0.3) is 16.9 Å². The molecular formula is C27H25F4N7O2. The van der Waals surface area contributed by atoms with Crippen molar-refractivity contribution in [3.05, 3.63) is 66.0 Å². The Morgan fingerprint density at radius 2 is 1.80 bits per heavy atom. The van der Waals surface area contributed by atoms with Gasteiger partial charge in [0.05, 0.1) is 39.8 Å². The zero-order valence-electron chi connectivity index (χ0n) is 21.4. The number of anilines is 2. The molecule has 1 spiro atoms. The number of aryl methyl sites for hydroxylation is 1. The minimum atomic E-state index is -2.68. The van der Waals surface area contributed by atoms with Crippen LogP contribution in [-0.4, -0.2) is 60.7 Å². The lowest BCUT2D eigenvalue weighted by Crippen LogP contribution is -2.68. The van der Waals surface area contributed by atoms with Gasteiger partial charge in [-0.05, 0) is 38.0 Å². The lowest BCUT2D eigenvalue weighted by molar-refractivity contribution is -0.161. The van der Waals surface area contributed by atoms with Gasteiger partial charge in [-0.1, -0.05) is 0 Å². The lowest BCUT2D eigenvalue weighted by atomic mass is 9.54. The molecule has 0 radical (unpaired) electrons. The number of carbonyl (C=O) groups excluding carboxylic acids is 1. The van der Waals surface area contributed by atoms with E-state index in [1.54, 1.807) is 23.7 Å². The second kappa shape index (κ2) is 9.51. The van der Waals surface area contributed by atoms with Gasteiger partial charge in [0.25, 0.3) is 12.3 Å². The average molecular weight is 556 g/mol. The molecule has 1 saturated carbocycles. The van der Waals surface area contributed by atoms with E-state index in [4.69, 9.17) is 0 Å². The van der Waals surface area contributed by atoms with Gasteiger partial charge in [0, 0.05) is 61.0 Å². The van der Waals surface area contributed by atoms with Crippen LogP contribution in [-0.2, 0) is 0 Å². The smallest absolute Gasteiger partial charge is 0.266 e. The van der Waals surface area contributed by atoms with E-state index in [0.29, 0.717) is 54.0 Å². The Morgan fingerprint density at radius 1 is 1.07 bits per heavy atom. The van der Waals surface area contributed by atoms with Crippen molar-refractivity contribution >= 4 is 22.8 Å². The second-order valence-corrected chi connectivity index (χ2v) is 10.8. The number of fused-ring (bicyclic) bond motifs is 1. The summed E-state index contributed by atoms with van der Waals surface area (Å²) >= 11 is 0. The van der Waals surface area contributed by atoms with Crippen molar-refractivity contribution in [1.29, 1.82) is 0 Å². The fourth-order valence-electron chi connectivity index (χ4n) is 5.86. The summed E-state index contributed by atoms with van der Waals surface area (Å²) in [6, 6.07) is 5.34. The molecular weight excluding hydrogens is 530 g/mol. The number of aromatic nitrogens is 5. The highest BCUT2D eigenvalue weighted by Gasteiger charge is 2.60. The Hall–Kier alpha value is -4.13. The van der Waals surface area contributed by atoms with E-state index in [1.165, 1.54) is 12.4 Å². The first-order chi connectivity index (χ1) is 19.0. The largest absolute Gasteiger partial charge is 0.390 e. The maximum absolute atomic E-state index is 13.3. The van der Waals surface area contributed by atoms with Crippen molar-refractivity contribution in [3.8, 4) is 11.4 Å². The molecule has 208 valence electrons. The van der Waals surface area contributed by atoms with Gasteiger partial charge < -0.3 is 15.3 Å². The number of nitrogens with one attached hydrogen (secondary N) is 1. The highest BCUT2D eigenvalue weighted by atomic mass is 19.3. The van der Waals surface area contributed by atoms with E-state index >= 15 is 0 Å². The molecule has 2 N–H and O–H groups in total. The number of hydrogen-bond donors (Lipinski definition) is 2. The third kappa shape index (κ3) is 4.74. The molecule has 1 aliphatic heterocycles. The summed E-state index contributed by atoms with van der Waals surface area (Å²) < 4.78 is 52.7. The summed E-state index contributed by atoms with van der Waals surface area (Å²) in [4.78, 5) is 27.6. The van der Waals surface area contributed by atoms with Crippen LogP contribution in [0, 0.1) is 12.3 Å². The highest BCUT2D eigenvalue weighted by molar-refractivity contribution is 6.09.